The Hall–Kier alpha value is -3.61. The zero-order valence-electron chi connectivity index (χ0n) is 23.8. The molecule has 0 spiro atoms. The Labute approximate surface area is 227 Å². The molecule has 7 heteroatoms. The Bertz CT molecular complexity index is 1110. The molecule has 0 heterocycles. The fourth-order valence-corrected chi connectivity index (χ4v) is 4.16. The Balaban J connectivity index is 2.51. The van der Waals surface area contributed by atoms with Gasteiger partial charge >= 0.3 is 6.09 Å². The minimum atomic E-state index is -0.920. The smallest absolute Gasteiger partial charge is 0.408 e. The molecule has 3 atom stereocenters. The number of aryl methyl sites for hydroxylation is 1. The fourth-order valence-electron chi connectivity index (χ4n) is 4.16. The van der Waals surface area contributed by atoms with Crippen LogP contribution in [0.15, 0.2) is 61.2 Å². The van der Waals surface area contributed by atoms with E-state index in [1.54, 1.807) is 26.8 Å². The normalized spacial score (nSPS) is 13.6. The first-order chi connectivity index (χ1) is 17.9. The molecular formula is C31H43N3O4. The average molecular weight is 522 g/mol. The molecule has 0 fully saturated rings. The minimum absolute atomic E-state index is 0.124. The molecular weight excluding hydrogens is 478 g/mol. The van der Waals surface area contributed by atoms with Crippen LogP contribution in [0.3, 0.4) is 0 Å². The summed E-state index contributed by atoms with van der Waals surface area (Å²) >= 11 is 0. The van der Waals surface area contributed by atoms with Crippen LogP contribution in [0, 0.1) is 19.8 Å². The molecule has 2 aromatic carbocycles. The van der Waals surface area contributed by atoms with Gasteiger partial charge in [-0.15, -0.1) is 6.58 Å². The van der Waals surface area contributed by atoms with Crippen LogP contribution < -0.4 is 10.6 Å². The summed E-state index contributed by atoms with van der Waals surface area (Å²) < 4.78 is 5.45. The lowest BCUT2D eigenvalue weighted by atomic mass is 9.93. The number of carbonyl (C=O) groups is 3. The summed E-state index contributed by atoms with van der Waals surface area (Å²) in [5.41, 5.74) is 2.90. The third-order valence-corrected chi connectivity index (χ3v) is 6.57. The number of ether oxygens (including phenoxy) is 1. The topological polar surface area (TPSA) is 87.7 Å². The van der Waals surface area contributed by atoms with E-state index in [9.17, 15) is 14.4 Å². The molecule has 38 heavy (non-hydrogen) atoms. The fraction of sp³-hybridized carbons (Fsp3) is 0.452. The summed E-state index contributed by atoms with van der Waals surface area (Å²) in [4.78, 5) is 42.2. The first-order valence-electron chi connectivity index (χ1n) is 13.2. The molecule has 2 rings (SSSR count). The summed E-state index contributed by atoms with van der Waals surface area (Å²) in [6, 6.07) is 13.5. The van der Waals surface area contributed by atoms with Crippen molar-refractivity contribution in [3.63, 3.8) is 0 Å². The Morgan fingerprint density at radius 3 is 2.29 bits per heavy atom. The van der Waals surface area contributed by atoms with Gasteiger partial charge < -0.3 is 20.3 Å². The van der Waals surface area contributed by atoms with Crippen LogP contribution in [0.1, 0.15) is 69.3 Å². The van der Waals surface area contributed by atoms with Crippen molar-refractivity contribution in [1.82, 2.24) is 15.5 Å². The van der Waals surface area contributed by atoms with E-state index in [1.165, 1.54) is 4.90 Å². The molecule has 0 saturated heterocycles. The number of amides is 3. The Kier molecular flexibility index (Phi) is 11.1. The molecule has 0 aliphatic rings. The van der Waals surface area contributed by atoms with Crippen molar-refractivity contribution in [2.45, 2.75) is 79.1 Å². The highest BCUT2D eigenvalue weighted by Gasteiger charge is 2.38. The Morgan fingerprint density at radius 2 is 1.71 bits per heavy atom. The van der Waals surface area contributed by atoms with Crippen molar-refractivity contribution in [3.8, 4) is 0 Å². The number of alkyl carbamates (subject to hydrolysis) is 1. The first-order valence-corrected chi connectivity index (χ1v) is 13.2. The van der Waals surface area contributed by atoms with Crippen LogP contribution in [-0.2, 0) is 20.9 Å². The van der Waals surface area contributed by atoms with Crippen LogP contribution >= 0.6 is 0 Å². The van der Waals surface area contributed by atoms with E-state index >= 15 is 0 Å². The lowest BCUT2D eigenvalue weighted by molar-refractivity contribution is -0.142. The van der Waals surface area contributed by atoms with Gasteiger partial charge in [0.15, 0.2) is 0 Å². The maximum atomic E-state index is 14.2. The van der Waals surface area contributed by atoms with E-state index in [1.807, 2.05) is 76.2 Å². The second-order valence-corrected chi connectivity index (χ2v) is 10.7. The van der Waals surface area contributed by atoms with Gasteiger partial charge in [0.25, 0.3) is 0 Å². The highest BCUT2D eigenvalue weighted by Crippen LogP contribution is 2.28. The van der Waals surface area contributed by atoms with Gasteiger partial charge in [0.05, 0.1) is 0 Å². The van der Waals surface area contributed by atoms with Crippen LogP contribution in [0.2, 0.25) is 0 Å². The van der Waals surface area contributed by atoms with E-state index in [2.05, 4.69) is 17.2 Å². The monoisotopic (exact) mass is 521 g/mol. The molecule has 7 nitrogen and oxygen atoms in total. The van der Waals surface area contributed by atoms with Gasteiger partial charge in [0, 0.05) is 13.1 Å². The third-order valence-electron chi connectivity index (χ3n) is 6.57. The number of hydrogen-bond donors (Lipinski definition) is 2. The molecule has 0 saturated carbocycles. The van der Waals surface area contributed by atoms with E-state index in [-0.39, 0.29) is 24.3 Å². The van der Waals surface area contributed by atoms with Crippen molar-refractivity contribution < 1.29 is 19.1 Å². The standard InChI is InChI=1S/C31H43N3O4/c1-9-19-34(29(36)26(21(3)10-2)33-30(37)38-31(6,7)8)27(25-18-14-15-22(4)23(25)5)28(35)32-20-24-16-12-11-13-17-24/h9,11-18,21,26-27H,1,10,19-20H2,2-8H3,(H,32,35)(H,33,37). The van der Waals surface area contributed by atoms with Crippen molar-refractivity contribution >= 4 is 17.9 Å². The zero-order valence-corrected chi connectivity index (χ0v) is 23.8. The predicted molar refractivity (Wildman–Crippen MR) is 151 cm³/mol. The van der Waals surface area contributed by atoms with Crippen molar-refractivity contribution in [1.29, 1.82) is 0 Å². The van der Waals surface area contributed by atoms with Gasteiger partial charge in [-0.2, -0.15) is 0 Å². The third kappa shape index (κ3) is 8.47. The average Bonchev–Trinajstić information content (AvgIpc) is 2.86. The quantitative estimate of drug-likeness (QED) is 0.376. The number of carbonyl (C=O) groups excluding carboxylic acids is 3. The summed E-state index contributed by atoms with van der Waals surface area (Å²) in [7, 11) is 0. The highest BCUT2D eigenvalue weighted by atomic mass is 16.6. The van der Waals surface area contributed by atoms with Crippen LogP contribution in [0.25, 0.3) is 0 Å². The van der Waals surface area contributed by atoms with Gasteiger partial charge in [-0.25, -0.2) is 4.79 Å². The molecule has 3 unspecified atom stereocenters. The summed E-state index contributed by atoms with van der Waals surface area (Å²) in [6.07, 6.45) is 1.57. The minimum Gasteiger partial charge on any atom is -0.444 e. The second kappa shape index (κ2) is 13.8. The maximum Gasteiger partial charge on any atom is 0.408 e. The highest BCUT2D eigenvalue weighted by molar-refractivity contribution is 5.92. The van der Waals surface area contributed by atoms with E-state index in [0.29, 0.717) is 13.0 Å². The lowest BCUT2D eigenvalue weighted by Gasteiger charge is -2.36. The van der Waals surface area contributed by atoms with Gasteiger partial charge in [0.1, 0.15) is 17.7 Å². The van der Waals surface area contributed by atoms with Crippen molar-refractivity contribution in [2.24, 2.45) is 5.92 Å². The SMILES string of the molecule is C=CCN(C(=O)C(NC(=O)OC(C)(C)C)C(C)CC)C(C(=O)NCc1ccccc1)c1cccc(C)c1C. The number of nitrogens with one attached hydrogen (secondary N) is 2. The maximum absolute atomic E-state index is 14.2. The predicted octanol–water partition coefficient (Wildman–Crippen LogP) is 5.61. The van der Waals surface area contributed by atoms with Gasteiger partial charge in [-0.3, -0.25) is 9.59 Å². The van der Waals surface area contributed by atoms with E-state index < -0.39 is 23.8 Å². The molecule has 0 radical (unpaired) electrons. The number of benzene rings is 2. The molecule has 0 bridgehead atoms. The number of rotatable bonds is 11. The molecule has 0 aliphatic carbocycles. The molecule has 3 amide bonds. The summed E-state index contributed by atoms with van der Waals surface area (Å²) in [5.74, 6) is -0.877. The van der Waals surface area contributed by atoms with E-state index in [0.717, 1.165) is 22.3 Å². The van der Waals surface area contributed by atoms with Gasteiger partial charge in [-0.1, -0.05) is 74.9 Å². The number of nitrogens with zero attached hydrogens (tertiary/aromatic N) is 1. The molecule has 0 aliphatic heterocycles. The first kappa shape index (κ1) is 30.6. The van der Waals surface area contributed by atoms with Crippen LogP contribution in [0.5, 0.6) is 0 Å². The van der Waals surface area contributed by atoms with Gasteiger partial charge in [-0.05, 0) is 62.8 Å². The number of hydrogen-bond acceptors (Lipinski definition) is 4. The summed E-state index contributed by atoms with van der Waals surface area (Å²) in [6.45, 7) is 17.4. The van der Waals surface area contributed by atoms with Gasteiger partial charge in [0.2, 0.25) is 11.8 Å². The van der Waals surface area contributed by atoms with Crippen LogP contribution in [0.4, 0.5) is 4.79 Å². The van der Waals surface area contributed by atoms with Crippen molar-refractivity contribution in [2.75, 3.05) is 6.54 Å². The van der Waals surface area contributed by atoms with E-state index in [4.69, 9.17) is 4.74 Å². The largest absolute Gasteiger partial charge is 0.444 e. The molecule has 2 N–H and O–H groups in total. The van der Waals surface area contributed by atoms with Crippen molar-refractivity contribution in [3.05, 3.63) is 83.4 Å². The second-order valence-electron chi connectivity index (χ2n) is 10.7. The molecule has 0 aromatic heterocycles. The Morgan fingerprint density at radius 1 is 1.05 bits per heavy atom. The lowest BCUT2D eigenvalue weighted by Crippen LogP contribution is -2.55. The van der Waals surface area contributed by atoms with Crippen LogP contribution in [-0.4, -0.2) is 41.0 Å². The molecule has 2 aromatic rings. The zero-order chi connectivity index (χ0) is 28.5. The molecule has 206 valence electrons. The summed E-state index contributed by atoms with van der Waals surface area (Å²) in [5, 5.41) is 5.79.